The molecule has 0 aromatic heterocycles. The van der Waals surface area contributed by atoms with Gasteiger partial charge in [-0.2, -0.15) is 0 Å². The van der Waals surface area contributed by atoms with Crippen LogP contribution in [0.5, 0.6) is 0 Å². The van der Waals surface area contributed by atoms with Crippen LogP contribution < -0.4 is 5.73 Å². The lowest BCUT2D eigenvalue weighted by molar-refractivity contribution is -0.190. The van der Waals surface area contributed by atoms with Crippen LogP contribution in [-0.4, -0.2) is 54.7 Å². The molecule has 1 amide bonds. The highest BCUT2D eigenvalue weighted by Crippen LogP contribution is 2.15. The molecule has 0 spiro atoms. The van der Waals surface area contributed by atoms with Crippen LogP contribution in [0.4, 0.5) is 0 Å². The van der Waals surface area contributed by atoms with Crippen LogP contribution in [0.3, 0.4) is 0 Å². The Bertz CT molecular complexity index is 488. The molecule has 0 radical (unpaired) electrons. The van der Waals surface area contributed by atoms with Gasteiger partial charge in [-0.1, -0.05) is 0 Å². The molecule has 23 heavy (non-hydrogen) atoms. The number of carbonyl (C=O) groups excluding carboxylic acids is 5. The molecule has 0 unspecified atom stereocenters. The lowest BCUT2D eigenvalue weighted by Crippen LogP contribution is -2.52. The maximum atomic E-state index is 11.5. The second kappa shape index (κ2) is 9.38. The van der Waals surface area contributed by atoms with Crippen LogP contribution in [-0.2, 0) is 42.9 Å². The molecule has 0 aromatic rings. The summed E-state index contributed by atoms with van der Waals surface area (Å²) in [6, 6.07) is 0. The van der Waals surface area contributed by atoms with Gasteiger partial charge in [0.2, 0.25) is 6.10 Å². The zero-order chi connectivity index (χ0) is 18.2. The number of hydrogen-bond donors (Lipinski definition) is 1. The molecule has 0 rings (SSSR count). The zero-order valence-electron chi connectivity index (χ0n) is 13.2. The van der Waals surface area contributed by atoms with Gasteiger partial charge in [-0.05, 0) is 0 Å². The first-order valence-corrected chi connectivity index (χ1v) is 6.49. The van der Waals surface area contributed by atoms with E-state index in [2.05, 4.69) is 0 Å². The van der Waals surface area contributed by atoms with Crippen LogP contribution in [0.25, 0.3) is 0 Å². The third kappa shape index (κ3) is 8.39. The molecule has 0 heterocycles. The van der Waals surface area contributed by atoms with E-state index in [1.807, 2.05) is 0 Å². The Kier molecular flexibility index (Phi) is 8.30. The van der Waals surface area contributed by atoms with Crippen molar-refractivity contribution in [2.45, 2.75) is 46.0 Å². The summed E-state index contributed by atoms with van der Waals surface area (Å²) in [6.07, 6.45) is -4.69. The number of ether oxygens (including phenoxy) is 4. The van der Waals surface area contributed by atoms with Crippen molar-refractivity contribution in [2.24, 2.45) is 5.73 Å². The largest absolute Gasteiger partial charge is 0.462 e. The minimum absolute atomic E-state index is 0.530. The highest BCUT2D eigenvalue weighted by molar-refractivity contribution is 5.83. The number of rotatable bonds is 8. The van der Waals surface area contributed by atoms with E-state index in [1.54, 1.807) is 0 Å². The van der Waals surface area contributed by atoms with Crippen LogP contribution in [0.2, 0.25) is 0 Å². The van der Waals surface area contributed by atoms with E-state index in [0.29, 0.717) is 0 Å². The van der Waals surface area contributed by atoms with Crippen molar-refractivity contribution in [3.8, 4) is 0 Å². The number of esters is 4. The average molecular weight is 333 g/mol. The number of hydrogen-bond acceptors (Lipinski definition) is 9. The van der Waals surface area contributed by atoms with Crippen molar-refractivity contribution in [1.29, 1.82) is 0 Å². The Morgan fingerprint density at radius 3 is 1.61 bits per heavy atom. The van der Waals surface area contributed by atoms with Gasteiger partial charge in [-0.15, -0.1) is 0 Å². The number of nitrogens with two attached hydrogens (primary N) is 1. The van der Waals surface area contributed by atoms with Crippen molar-refractivity contribution in [2.75, 3.05) is 6.61 Å². The van der Waals surface area contributed by atoms with Gasteiger partial charge in [0.15, 0.2) is 12.2 Å². The van der Waals surface area contributed by atoms with E-state index in [9.17, 15) is 24.0 Å². The summed E-state index contributed by atoms with van der Waals surface area (Å²) in [4.78, 5) is 55.9. The molecule has 0 bridgehead atoms. The molecule has 10 heteroatoms. The summed E-state index contributed by atoms with van der Waals surface area (Å²) in [7, 11) is 0. The maximum absolute atomic E-state index is 11.5. The summed E-state index contributed by atoms with van der Waals surface area (Å²) in [5.41, 5.74) is 5.13. The van der Waals surface area contributed by atoms with E-state index < -0.39 is 54.7 Å². The van der Waals surface area contributed by atoms with Crippen molar-refractivity contribution in [3.63, 3.8) is 0 Å². The third-order valence-corrected chi connectivity index (χ3v) is 2.31. The molecular weight excluding hydrogens is 314 g/mol. The van der Waals surface area contributed by atoms with Gasteiger partial charge >= 0.3 is 23.9 Å². The Hall–Kier alpha value is -2.65. The van der Waals surface area contributed by atoms with Crippen LogP contribution in [0, 0.1) is 0 Å². The molecule has 130 valence electrons. The van der Waals surface area contributed by atoms with Gasteiger partial charge in [-0.25, -0.2) is 0 Å². The molecule has 0 aliphatic carbocycles. The van der Waals surface area contributed by atoms with E-state index >= 15 is 0 Å². The zero-order valence-corrected chi connectivity index (χ0v) is 13.2. The SMILES string of the molecule is CC(=O)OC[C@@H](OC(C)=O)[C@@H](OC(C)=O)[C@H](OC(C)=O)C(N)=O. The quantitative estimate of drug-likeness (QED) is 0.428. The van der Waals surface area contributed by atoms with Crippen LogP contribution in [0.15, 0.2) is 0 Å². The summed E-state index contributed by atoms with van der Waals surface area (Å²) in [5, 5.41) is 0. The van der Waals surface area contributed by atoms with Crippen molar-refractivity contribution in [3.05, 3.63) is 0 Å². The maximum Gasteiger partial charge on any atom is 0.303 e. The highest BCUT2D eigenvalue weighted by Gasteiger charge is 2.41. The number of amides is 1. The summed E-state index contributed by atoms with van der Waals surface area (Å²) in [5.74, 6) is -4.36. The van der Waals surface area contributed by atoms with E-state index in [-0.39, 0.29) is 0 Å². The van der Waals surface area contributed by atoms with Crippen molar-refractivity contribution >= 4 is 29.8 Å². The van der Waals surface area contributed by atoms with Gasteiger partial charge in [0.05, 0.1) is 0 Å². The topological polar surface area (TPSA) is 148 Å². The van der Waals surface area contributed by atoms with Crippen molar-refractivity contribution < 1.29 is 42.9 Å². The molecule has 0 fully saturated rings. The van der Waals surface area contributed by atoms with Crippen LogP contribution >= 0.6 is 0 Å². The predicted molar refractivity (Wildman–Crippen MR) is 72.5 cm³/mol. The van der Waals surface area contributed by atoms with Crippen molar-refractivity contribution in [1.82, 2.24) is 0 Å². The highest BCUT2D eigenvalue weighted by atomic mass is 16.6. The number of carbonyl (C=O) groups is 5. The number of primary amides is 1. The molecular formula is C13H19NO9. The Morgan fingerprint density at radius 2 is 1.26 bits per heavy atom. The molecule has 2 N–H and O–H groups in total. The molecule has 10 nitrogen and oxygen atoms in total. The lowest BCUT2D eigenvalue weighted by atomic mass is 10.1. The summed E-state index contributed by atoms with van der Waals surface area (Å²) < 4.78 is 19.2. The predicted octanol–water partition coefficient (Wildman–Crippen LogP) is -1.17. The molecule has 0 aliphatic rings. The molecule has 0 aromatic carbocycles. The average Bonchev–Trinajstić information content (AvgIpc) is 2.37. The Labute approximate surface area is 132 Å². The van der Waals surface area contributed by atoms with E-state index in [0.717, 1.165) is 27.7 Å². The van der Waals surface area contributed by atoms with Crippen LogP contribution in [0.1, 0.15) is 27.7 Å². The monoisotopic (exact) mass is 333 g/mol. The van der Waals surface area contributed by atoms with Gasteiger partial charge in [-0.3, -0.25) is 24.0 Å². The standard InChI is InChI=1S/C13H19NO9/c1-6(15)20-5-10(21-7(2)16)11(22-8(3)17)12(13(14)19)23-9(4)18/h10-12H,5H2,1-4H3,(H2,14,19)/t10-,11-,12+/m1/s1. The minimum atomic E-state index is -1.73. The Morgan fingerprint density at radius 1 is 0.783 bits per heavy atom. The fourth-order valence-electron chi connectivity index (χ4n) is 1.60. The van der Waals surface area contributed by atoms with Gasteiger partial charge in [0.1, 0.15) is 6.61 Å². The molecule has 0 saturated carbocycles. The first-order valence-electron chi connectivity index (χ1n) is 6.49. The first kappa shape index (κ1) is 20.3. The first-order chi connectivity index (χ1) is 10.5. The normalized spacial score (nSPS) is 13.9. The van der Waals surface area contributed by atoms with E-state index in [1.165, 1.54) is 0 Å². The molecule has 3 atom stereocenters. The summed E-state index contributed by atoms with van der Waals surface area (Å²) in [6.45, 7) is 3.65. The third-order valence-electron chi connectivity index (χ3n) is 2.31. The lowest BCUT2D eigenvalue weighted by Gasteiger charge is -2.29. The Balaban J connectivity index is 5.55. The second-order valence-corrected chi connectivity index (χ2v) is 4.46. The second-order valence-electron chi connectivity index (χ2n) is 4.46. The fourth-order valence-corrected chi connectivity index (χ4v) is 1.60. The summed E-state index contributed by atoms with van der Waals surface area (Å²) >= 11 is 0. The molecule has 0 saturated heterocycles. The molecule has 0 aliphatic heterocycles. The van der Waals surface area contributed by atoms with Gasteiger partial charge in [0, 0.05) is 27.7 Å². The van der Waals surface area contributed by atoms with Gasteiger partial charge < -0.3 is 24.7 Å². The van der Waals surface area contributed by atoms with E-state index in [4.69, 9.17) is 24.7 Å². The van der Waals surface area contributed by atoms with Gasteiger partial charge in [0.25, 0.3) is 5.91 Å². The minimum Gasteiger partial charge on any atom is -0.462 e. The smallest absolute Gasteiger partial charge is 0.303 e. The fraction of sp³-hybridized carbons (Fsp3) is 0.615.